The lowest BCUT2D eigenvalue weighted by Crippen LogP contribution is -2.47. The highest BCUT2D eigenvalue weighted by Gasteiger charge is 2.29. The Kier molecular flexibility index (Phi) is 7.61. The van der Waals surface area contributed by atoms with Gasteiger partial charge in [0.05, 0.1) is 18.1 Å². The number of fused-ring (bicyclic) bond motifs is 1. The molecule has 3 rings (SSSR count). The molecule has 3 aromatic rings. The molecule has 0 saturated heterocycles. The third kappa shape index (κ3) is 5.80. The van der Waals surface area contributed by atoms with E-state index in [1.165, 1.54) is 11.8 Å². The predicted octanol–water partition coefficient (Wildman–Crippen LogP) is 4.00. The summed E-state index contributed by atoms with van der Waals surface area (Å²) < 4.78 is 7.61. The van der Waals surface area contributed by atoms with Crippen LogP contribution in [0, 0.1) is 0 Å². The number of nitrogens with one attached hydrogen (secondary N) is 2. The first kappa shape index (κ1) is 23.1. The molecule has 2 heterocycles. The second-order valence-corrected chi connectivity index (χ2v) is 8.62. The second-order valence-electron chi connectivity index (χ2n) is 7.41. The van der Waals surface area contributed by atoms with E-state index in [0.29, 0.717) is 29.0 Å². The second kappa shape index (κ2) is 10.2. The van der Waals surface area contributed by atoms with Crippen LogP contribution >= 0.6 is 23.4 Å². The Hall–Kier alpha value is -2.52. The van der Waals surface area contributed by atoms with Crippen LogP contribution in [-0.4, -0.2) is 50.6 Å². The lowest BCUT2D eigenvalue weighted by Gasteiger charge is -2.25. The van der Waals surface area contributed by atoms with Gasteiger partial charge in [0.1, 0.15) is 11.6 Å². The van der Waals surface area contributed by atoms with Crippen LogP contribution in [0.2, 0.25) is 5.02 Å². The minimum Gasteiger partial charge on any atom is -0.478 e. The van der Waals surface area contributed by atoms with Gasteiger partial charge >= 0.3 is 0 Å². The summed E-state index contributed by atoms with van der Waals surface area (Å²) >= 11 is 7.38. The van der Waals surface area contributed by atoms with Crippen LogP contribution < -0.4 is 15.4 Å². The van der Waals surface area contributed by atoms with Gasteiger partial charge in [0, 0.05) is 18.1 Å². The number of halogens is 1. The topological polar surface area (TPSA) is 94.0 Å². The average molecular weight is 463 g/mol. The molecule has 0 aliphatic rings. The minimum atomic E-state index is -1.04. The monoisotopic (exact) mass is 462 g/mol. The van der Waals surface area contributed by atoms with Crippen molar-refractivity contribution < 1.29 is 9.53 Å². The Morgan fingerprint density at radius 3 is 2.65 bits per heavy atom. The number of thioether (sulfide) groups is 1. The van der Waals surface area contributed by atoms with E-state index < -0.39 is 5.60 Å². The first-order valence-corrected chi connectivity index (χ1v) is 11.7. The number of aromatic nitrogens is 4. The fourth-order valence-corrected chi connectivity index (χ4v) is 3.39. The van der Waals surface area contributed by atoms with Gasteiger partial charge in [0.25, 0.3) is 5.91 Å². The number of rotatable bonds is 10. The number of anilines is 1. The molecular formula is C21H27ClN6O2S. The molecule has 0 aliphatic carbocycles. The Morgan fingerprint density at radius 1 is 1.23 bits per heavy atom. The van der Waals surface area contributed by atoms with Crippen molar-refractivity contribution in [2.45, 2.75) is 44.5 Å². The molecular weight excluding hydrogens is 436 g/mol. The smallest absolute Gasteiger partial charge is 0.263 e. The van der Waals surface area contributed by atoms with Crippen LogP contribution in [0.1, 0.15) is 27.2 Å². The highest BCUT2D eigenvalue weighted by atomic mass is 35.5. The van der Waals surface area contributed by atoms with Crippen molar-refractivity contribution in [3.8, 4) is 5.75 Å². The van der Waals surface area contributed by atoms with Crippen LogP contribution in [0.4, 0.5) is 5.82 Å². The molecule has 2 N–H and O–H groups in total. The molecule has 0 unspecified atom stereocenters. The number of benzene rings is 1. The van der Waals surface area contributed by atoms with E-state index in [0.717, 1.165) is 29.8 Å². The fourth-order valence-electron chi connectivity index (χ4n) is 2.90. The molecule has 31 heavy (non-hydrogen) atoms. The van der Waals surface area contributed by atoms with Crippen LogP contribution in [0.25, 0.3) is 11.0 Å². The molecule has 0 saturated carbocycles. The molecule has 8 nitrogen and oxygen atoms in total. The van der Waals surface area contributed by atoms with Gasteiger partial charge in [-0.15, -0.1) is 0 Å². The lowest BCUT2D eigenvalue weighted by molar-refractivity contribution is -0.134. The largest absolute Gasteiger partial charge is 0.478 e. The summed E-state index contributed by atoms with van der Waals surface area (Å²) in [4.78, 5) is 21.8. The first-order valence-electron chi connectivity index (χ1n) is 10.1. The molecule has 0 spiro atoms. The first-order chi connectivity index (χ1) is 14.8. The third-order valence-corrected chi connectivity index (χ3v) is 5.34. The van der Waals surface area contributed by atoms with E-state index in [4.69, 9.17) is 16.3 Å². The third-order valence-electron chi connectivity index (χ3n) is 4.54. The molecule has 0 fully saturated rings. The van der Waals surface area contributed by atoms with Crippen molar-refractivity contribution in [3.05, 3.63) is 35.5 Å². The van der Waals surface area contributed by atoms with E-state index in [1.807, 2.05) is 6.26 Å². The highest BCUT2D eigenvalue weighted by molar-refractivity contribution is 7.98. The van der Waals surface area contributed by atoms with Gasteiger partial charge in [0.2, 0.25) is 0 Å². The number of hydrogen-bond donors (Lipinski definition) is 2. The van der Waals surface area contributed by atoms with Gasteiger partial charge in [-0.25, -0.2) is 14.6 Å². The van der Waals surface area contributed by atoms with Crippen molar-refractivity contribution in [2.24, 2.45) is 0 Å². The Bertz CT molecular complexity index is 1040. The number of carbonyl (C=O) groups excluding carboxylic acids is 1. The van der Waals surface area contributed by atoms with E-state index >= 15 is 0 Å². The maximum Gasteiger partial charge on any atom is 0.263 e. The SMILES string of the molecule is CCCNc1nc(SC)nc2c1cnn2CCNC(=O)C(C)(C)Oc1ccc(Cl)cc1. The van der Waals surface area contributed by atoms with Crippen molar-refractivity contribution in [3.63, 3.8) is 0 Å². The lowest BCUT2D eigenvalue weighted by atomic mass is 10.1. The summed E-state index contributed by atoms with van der Waals surface area (Å²) in [6.45, 7) is 7.24. The summed E-state index contributed by atoms with van der Waals surface area (Å²) in [6.07, 6.45) is 4.69. The normalized spacial score (nSPS) is 11.5. The summed E-state index contributed by atoms with van der Waals surface area (Å²) in [5.41, 5.74) is -0.297. The quantitative estimate of drug-likeness (QED) is 0.347. The Labute approximate surface area is 191 Å². The standard InChI is InChI=1S/C21H27ClN6O2S/c1-5-10-23-17-16-13-25-28(18(16)27-20(26-17)31-4)12-11-24-19(29)21(2,3)30-15-8-6-14(22)7-9-15/h6-9,13H,5,10-12H2,1-4H3,(H,24,29)(H,23,26,27). The Balaban J connectivity index is 1.65. The van der Waals surface area contributed by atoms with E-state index in [2.05, 4.69) is 32.6 Å². The molecule has 166 valence electrons. The van der Waals surface area contributed by atoms with Gasteiger partial charge in [-0.05, 0) is 50.8 Å². The van der Waals surface area contributed by atoms with Gasteiger partial charge in [0.15, 0.2) is 16.4 Å². The number of ether oxygens (including phenoxy) is 1. The number of carbonyl (C=O) groups is 1. The Morgan fingerprint density at radius 2 is 1.97 bits per heavy atom. The molecule has 1 aromatic carbocycles. The van der Waals surface area contributed by atoms with Crippen LogP contribution in [0.15, 0.2) is 35.6 Å². The van der Waals surface area contributed by atoms with Crippen molar-refractivity contribution in [1.82, 2.24) is 25.1 Å². The summed E-state index contributed by atoms with van der Waals surface area (Å²) in [7, 11) is 0. The van der Waals surface area contributed by atoms with E-state index in [1.54, 1.807) is 49.0 Å². The van der Waals surface area contributed by atoms with Gasteiger partial charge in [-0.2, -0.15) is 5.10 Å². The fraction of sp³-hybridized carbons (Fsp3) is 0.429. The number of nitrogens with zero attached hydrogens (tertiary/aromatic N) is 4. The highest BCUT2D eigenvalue weighted by Crippen LogP contribution is 2.24. The van der Waals surface area contributed by atoms with E-state index in [9.17, 15) is 4.79 Å². The zero-order valence-corrected chi connectivity index (χ0v) is 19.7. The molecule has 10 heteroatoms. The number of hydrogen-bond acceptors (Lipinski definition) is 7. The molecule has 0 atom stereocenters. The van der Waals surface area contributed by atoms with Gasteiger partial charge in [-0.1, -0.05) is 30.3 Å². The molecule has 1 amide bonds. The summed E-state index contributed by atoms with van der Waals surface area (Å²) in [5.74, 6) is 1.14. The van der Waals surface area contributed by atoms with Crippen LogP contribution in [0.3, 0.4) is 0 Å². The summed E-state index contributed by atoms with van der Waals surface area (Å²) in [6, 6.07) is 6.92. The van der Waals surface area contributed by atoms with Crippen molar-refractivity contribution >= 4 is 46.1 Å². The zero-order valence-electron chi connectivity index (χ0n) is 18.1. The number of amides is 1. The molecule has 2 aromatic heterocycles. The maximum absolute atomic E-state index is 12.7. The molecule has 0 radical (unpaired) electrons. The molecule has 0 aliphatic heterocycles. The van der Waals surface area contributed by atoms with Crippen molar-refractivity contribution in [1.29, 1.82) is 0 Å². The van der Waals surface area contributed by atoms with Crippen molar-refractivity contribution in [2.75, 3.05) is 24.7 Å². The van der Waals surface area contributed by atoms with Gasteiger partial charge in [-0.3, -0.25) is 4.79 Å². The maximum atomic E-state index is 12.7. The average Bonchev–Trinajstić information content (AvgIpc) is 3.16. The minimum absolute atomic E-state index is 0.219. The van der Waals surface area contributed by atoms with Crippen LogP contribution in [0.5, 0.6) is 5.75 Å². The van der Waals surface area contributed by atoms with Gasteiger partial charge < -0.3 is 15.4 Å². The zero-order chi connectivity index (χ0) is 22.4. The van der Waals surface area contributed by atoms with E-state index in [-0.39, 0.29) is 5.91 Å². The predicted molar refractivity (Wildman–Crippen MR) is 125 cm³/mol. The summed E-state index contributed by atoms with van der Waals surface area (Å²) in [5, 5.41) is 12.9. The van der Waals surface area contributed by atoms with Crippen LogP contribution in [-0.2, 0) is 11.3 Å². The molecule has 0 bridgehead atoms.